The third-order valence-corrected chi connectivity index (χ3v) is 4.05. The van der Waals surface area contributed by atoms with Crippen molar-refractivity contribution in [2.45, 2.75) is 46.1 Å². The lowest BCUT2D eigenvalue weighted by Crippen LogP contribution is -2.38. The first-order valence-corrected chi connectivity index (χ1v) is 9.12. The van der Waals surface area contributed by atoms with Crippen molar-refractivity contribution in [2.75, 3.05) is 19.6 Å². The van der Waals surface area contributed by atoms with Gasteiger partial charge in [-0.3, -0.25) is 4.79 Å². The van der Waals surface area contributed by atoms with Gasteiger partial charge in [0.15, 0.2) is 5.96 Å². The van der Waals surface area contributed by atoms with Crippen molar-refractivity contribution >= 4 is 11.9 Å². The van der Waals surface area contributed by atoms with Crippen LogP contribution in [-0.2, 0) is 6.54 Å². The van der Waals surface area contributed by atoms with Crippen LogP contribution in [0.1, 0.15) is 55.5 Å². The normalized spacial score (nSPS) is 14.3. The highest BCUT2D eigenvalue weighted by Crippen LogP contribution is 2.27. The van der Waals surface area contributed by atoms with E-state index in [-0.39, 0.29) is 5.91 Å². The van der Waals surface area contributed by atoms with Gasteiger partial charge in [0, 0.05) is 25.2 Å². The zero-order valence-electron chi connectivity index (χ0n) is 14.9. The van der Waals surface area contributed by atoms with Crippen molar-refractivity contribution in [3.63, 3.8) is 0 Å². The standard InChI is InChI=1S/C19H30N4O/c1-3-5-12-21-18(24)17-10-8-16(9-11-17)14-23-19(20-4-2)22-13-15-6-7-15/h8-11,15H,3-7,12-14H2,1-2H3,(H,21,24)(H2,20,22,23). The number of guanidine groups is 1. The number of hydrogen-bond acceptors (Lipinski definition) is 2. The van der Waals surface area contributed by atoms with Gasteiger partial charge in [-0.05, 0) is 49.8 Å². The number of unbranched alkanes of at least 4 members (excludes halogenated alkanes) is 1. The zero-order chi connectivity index (χ0) is 17.2. The molecule has 0 saturated heterocycles. The highest BCUT2D eigenvalue weighted by molar-refractivity contribution is 5.94. The molecule has 0 heterocycles. The van der Waals surface area contributed by atoms with Crippen LogP contribution in [0.4, 0.5) is 0 Å². The van der Waals surface area contributed by atoms with E-state index in [0.29, 0.717) is 12.1 Å². The predicted octanol–water partition coefficient (Wildman–Crippen LogP) is 2.68. The number of nitrogens with one attached hydrogen (secondary N) is 3. The first-order valence-electron chi connectivity index (χ1n) is 9.12. The van der Waals surface area contributed by atoms with Crippen LogP contribution in [0.15, 0.2) is 29.3 Å². The Morgan fingerprint density at radius 1 is 1.12 bits per heavy atom. The number of amides is 1. The summed E-state index contributed by atoms with van der Waals surface area (Å²) in [5.41, 5.74) is 1.81. The van der Waals surface area contributed by atoms with Gasteiger partial charge >= 0.3 is 0 Å². The van der Waals surface area contributed by atoms with Gasteiger partial charge in [0.2, 0.25) is 0 Å². The number of rotatable bonds is 9. The third kappa shape index (κ3) is 6.60. The average Bonchev–Trinajstić information content (AvgIpc) is 3.42. The third-order valence-electron chi connectivity index (χ3n) is 4.05. The number of aliphatic imine (C=N–C) groups is 1. The smallest absolute Gasteiger partial charge is 0.251 e. The summed E-state index contributed by atoms with van der Waals surface area (Å²) in [4.78, 5) is 16.6. The summed E-state index contributed by atoms with van der Waals surface area (Å²) in [5, 5.41) is 9.59. The molecule has 132 valence electrons. The van der Waals surface area contributed by atoms with Gasteiger partial charge in [-0.2, -0.15) is 0 Å². The van der Waals surface area contributed by atoms with Crippen molar-refractivity contribution in [1.82, 2.24) is 16.0 Å². The molecular weight excluding hydrogens is 300 g/mol. The molecule has 3 N–H and O–H groups in total. The number of carbonyl (C=O) groups is 1. The molecule has 0 aromatic heterocycles. The Balaban J connectivity index is 1.84. The molecular formula is C19H30N4O. The number of benzene rings is 1. The first kappa shape index (κ1) is 18.3. The monoisotopic (exact) mass is 330 g/mol. The Labute approximate surface area is 145 Å². The van der Waals surface area contributed by atoms with E-state index in [4.69, 9.17) is 0 Å². The van der Waals surface area contributed by atoms with Gasteiger partial charge in [0.05, 0.1) is 6.54 Å². The summed E-state index contributed by atoms with van der Waals surface area (Å²) in [5.74, 6) is 1.68. The largest absolute Gasteiger partial charge is 0.357 e. The molecule has 2 rings (SSSR count). The lowest BCUT2D eigenvalue weighted by Gasteiger charge is -2.11. The molecule has 0 unspecified atom stereocenters. The fraction of sp³-hybridized carbons (Fsp3) is 0.579. The maximum atomic E-state index is 12.0. The fourth-order valence-corrected chi connectivity index (χ4v) is 2.32. The molecule has 0 radical (unpaired) electrons. The second-order valence-corrected chi connectivity index (χ2v) is 6.33. The van der Waals surface area contributed by atoms with Crippen molar-refractivity contribution in [1.29, 1.82) is 0 Å². The molecule has 0 spiro atoms. The van der Waals surface area contributed by atoms with E-state index >= 15 is 0 Å². The van der Waals surface area contributed by atoms with Crippen LogP contribution in [0.3, 0.4) is 0 Å². The lowest BCUT2D eigenvalue weighted by atomic mass is 10.1. The lowest BCUT2D eigenvalue weighted by molar-refractivity contribution is 0.0953. The van der Waals surface area contributed by atoms with Gasteiger partial charge in [-0.25, -0.2) is 4.99 Å². The van der Waals surface area contributed by atoms with Gasteiger partial charge in [0.1, 0.15) is 0 Å². The quantitative estimate of drug-likeness (QED) is 0.370. The summed E-state index contributed by atoms with van der Waals surface area (Å²) >= 11 is 0. The van der Waals surface area contributed by atoms with Crippen LogP contribution in [-0.4, -0.2) is 31.5 Å². The summed E-state index contributed by atoms with van der Waals surface area (Å²) in [6.45, 7) is 7.39. The Kier molecular flexibility index (Phi) is 7.59. The molecule has 1 saturated carbocycles. The van der Waals surface area contributed by atoms with Crippen LogP contribution in [0.5, 0.6) is 0 Å². The second kappa shape index (κ2) is 9.96. The number of carbonyl (C=O) groups excluding carboxylic acids is 1. The van der Waals surface area contributed by atoms with Crippen LogP contribution >= 0.6 is 0 Å². The summed E-state index contributed by atoms with van der Waals surface area (Å²) in [6.07, 6.45) is 4.75. The minimum atomic E-state index is -0.00191. The Hall–Kier alpha value is -2.04. The van der Waals surface area contributed by atoms with Crippen molar-refractivity contribution < 1.29 is 4.79 Å². The molecule has 1 amide bonds. The SMILES string of the molecule is CCCCNC(=O)c1ccc(CN=C(NCC)NCC2CC2)cc1. The molecule has 1 aromatic carbocycles. The molecule has 1 aliphatic carbocycles. The minimum Gasteiger partial charge on any atom is -0.357 e. The molecule has 1 aromatic rings. The van der Waals surface area contributed by atoms with Crippen molar-refractivity contribution in [3.05, 3.63) is 35.4 Å². The van der Waals surface area contributed by atoms with Crippen molar-refractivity contribution in [2.24, 2.45) is 10.9 Å². The molecule has 0 bridgehead atoms. The van der Waals surface area contributed by atoms with Crippen molar-refractivity contribution in [3.8, 4) is 0 Å². The highest BCUT2D eigenvalue weighted by Gasteiger charge is 2.20. The Morgan fingerprint density at radius 3 is 2.50 bits per heavy atom. The van der Waals surface area contributed by atoms with E-state index in [0.717, 1.165) is 49.9 Å². The summed E-state index contributed by atoms with van der Waals surface area (Å²) in [7, 11) is 0. The number of nitrogens with zero attached hydrogens (tertiary/aromatic N) is 1. The first-order chi connectivity index (χ1) is 11.7. The molecule has 1 aliphatic rings. The minimum absolute atomic E-state index is 0.00191. The summed E-state index contributed by atoms with van der Waals surface area (Å²) in [6, 6.07) is 7.69. The van der Waals surface area contributed by atoms with E-state index in [1.165, 1.54) is 12.8 Å². The molecule has 5 nitrogen and oxygen atoms in total. The Bertz CT molecular complexity index is 535. The average molecular weight is 330 g/mol. The molecule has 0 aliphatic heterocycles. The Morgan fingerprint density at radius 2 is 1.88 bits per heavy atom. The zero-order valence-corrected chi connectivity index (χ0v) is 14.9. The van der Waals surface area contributed by atoms with E-state index in [1.54, 1.807) is 0 Å². The maximum Gasteiger partial charge on any atom is 0.251 e. The number of hydrogen-bond donors (Lipinski definition) is 3. The second-order valence-electron chi connectivity index (χ2n) is 6.33. The maximum absolute atomic E-state index is 12.0. The van der Waals surface area contributed by atoms with Crippen LogP contribution in [0.2, 0.25) is 0 Å². The highest BCUT2D eigenvalue weighted by atomic mass is 16.1. The van der Waals surface area contributed by atoms with E-state index < -0.39 is 0 Å². The van der Waals surface area contributed by atoms with Gasteiger partial charge in [-0.1, -0.05) is 25.5 Å². The van der Waals surface area contributed by atoms with Gasteiger partial charge in [0.25, 0.3) is 5.91 Å². The van der Waals surface area contributed by atoms with Gasteiger partial charge in [-0.15, -0.1) is 0 Å². The topological polar surface area (TPSA) is 65.5 Å². The molecule has 0 atom stereocenters. The van der Waals surface area contributed by atoms with Crippen LogP contribution < -0.4 is 16.0 Å². The molecule has 1 fully saturated rings. The van der Waals surface area contributed by atoms with E-state index in [1.807, 2.05) is 24.3 Å². The molecule has 5 heteroatoms. The predicted molar refractivity (Wildman–Crippen MR) is 99.2 cm³/mol. The van der Waals surface area contributed by atoms with E-state index in [9.17, 15) is 4.79 Å². The van der Waals surface area contributed by atoms with E-state index in [2.05, 4.69) is 34.8 Å². The summed E-state index contributed by atoms with van der Waals surface area (Å²) < 4.78 is 0. The fourth-order valence-electron chi connectivity index (χ4n) is 2.32. The van der Waals surface area contributed by atoms with Crippen LogP contribution in [0, 0.1) is 5.92 Å². The molecule has 24 heavy (non-hydrogen) atoms. The van der Waals surface area contributed by atoms with Crippen LogP contribution in [0.25, 0.3) is 0 Å². The van der Waals surface area contributed by atoms with Gasteiger partial charge < -0.3 is 16.0 Å².